The van der Waals surface area contributed by atoms with E-state index < -0.39 is 13.7 Å². The van der Waals surface area contributed by atoms with Crippen molar-refractivity contribution in [2.75, 3.05) is 13.1 Å². The van der Waals surface area contributed by atoms with E-state index in [0.29, 0.717) is 25.9 Å². The van der Waals surface area contributed by atoms with E-state index >= 15 is 0 Å². The number of carbonyl (C=O) groups is 1. The second-order valence-electron chi connectivity index (χ2n) is 5.54. The monoisotopic (exact) mass is 239 g/mol. The van der Waals surface area contributed by atoms with Gasteiger partial charge in [0.15, 0.2) is 0 Å². The van der Waals surface area contributed by atoms with Crippen molar-refractivity contribution in [3.8, 4) is 11.5 Å². The Labute approximate surface area is 98.8 Å². The lowest BCUT2D eigenvalue weighted by atomic mass is 9.92. The number of amides is 1. The van der Waals surface area contributed by atoms with Crippen LogP contribution in [0.4, 0.5) is 0 Å². The van der Waals surface area contributed by atoms with Crippen molar-refractivity contribution in [2.24, 2.45) is 0 Å². The van der Waals surface area contributed by atoms with Gasteiger partial charge in [-0.15, -0.1) is 5.54 Å². The molecule has 0 saturated carbocycles. The van der Waals surface area contributed by atoms with E-state index in [0.717, 1.165) is 0 Å². The molecule has 1 amide bonds. The van der Waals surface area contributed by atoms with E-state index in [1.165, 1.54) is 0 Å². The SMILES string of the molecule is CC(=O)N1CCC(O)(C#C[Si](C)(C)C)CC1. The number of aliphatic hydroxyl groups is 1. The molecule has 90 valence electrons. The number of piperidine rings is 1. The van der Waals surface area contributed by atoms with Crippen LogP contribution in [-0.4, -0.2) is 42.7 Å². The Balaban J connectivity index is 2.62. The lowest BCUT2D eigenvalue weighted by Gasteiger charge is -2.34. The second-order valence-corrected chi connectivity index (χ2v) is 10.3. The Kier molecular flexibility index (Phi) is 3.82. The smallest absolute Gasteiger partial charge is 0.219 e. The summed E-state index contributed by atoms with van der Waals surface area (Å²) in [6.45, 7) is 9.28. The van der Waals surface area contributed by atoms with E-state index in [1.807, 2.05) is 0 Å². The summed E-state index contributed by atoms with van der Waals surface area (Å²) >= 11 is 0. The first kappa shape index (κ1) is 13.3. The van der Waals surface area contributed by atoms with Gasteiger partial charge in [-0.25, -0.2) is 0 Å². The molecule has 0 aliphatic carbocycles. The molecule has 1 aliphatic heterocycles. The van der Waals surface area contributed by atoms with Crippen molar-refractivity contribution < 1.29 is 9.90 Å². The minimum absolute atomic E-state index is 0.0835. The summed E-state index contributed by atoms with van der Waals surface area (Å²) in [4.78, 5) is 12.9. The van der Waals surface area contributed by atoms with E-state index in [2.05, 4.69) is 31.1 Å². The Hall–Kier alpha value is -0.793. The maximum Gasteiger partial charge on any atom is 0.219 e. The molecule has 1 N–H and O–H groups in total. The lowest BCUT2D eigenvalue weighted by Crippen LogP contribution is -2.45. The van der Waals surface area contributed by atoms with Gasteiger partial charge in [0, 0.05) is 32.9 Å². The Morgan fingerprint density at radius 1 is 1.31 bits per heavy atom. The molecule has 1 aliphatic rings. The van der Waals surface area contributed by atoms with E-state index in [9.17, 15) is 9.90 Å². The van der Waals surface area contributed by atoms with Crippen molar-refractivity contribution in [3.63, 3.8) is 0 Å². The van der Waals surface area contributed by atoms with Crippen LogP contribution in [0.15, 0.2) is 0 Å². The summed E-state index contributed by atoms with van der Waals surface area (Å²) in [5.41, 5.74) is 2.34. The van der Waals surface area contributed by atoms with E-state index in [1.54, 1.807) is 11.8 Å². The summed E-state index contributed by atoms with van der Waals surface area (Å²) in [5.74, 6) is 3.11. The molecule has 0 aromatic rings. The predicted molar refractivity (Wildman–Crippen MR) is 67.6 cm³/mol. The fourth-order valence-corrected chi connectivity index (χ4v) is 2.23. The normalized spacial score (nSPS) is 19.9. The molecule has 3 nitrogen and oxygen atoms in total. The van der Waals surface area contributed by atoms with Crippen LogP contribution in [-0.2, 0) is 4.79 Å². The van der Waals surface area contributed by atoms with Crippen LogP contribution in [0.25, 0.3) is 0 Å². The summed E-state index contributed by atoms with van der Waals surface area (Å²) in [6, 6.07) is 0. The van der Waals surface area contributed by atoms with Gasteiger partial charge in [0.25, 0.3) is 0 Å². The van der Waals surface area contributed by atoms with Crippen molar-refractivity contribution in [1.82, 2.24) is 4.90 Å². The summed E-state index contributed by atoms with van der Waals surface area (Å²) in [6.07, 6.45) is 1.15. The molecule has 0 unspecified atom stereocenters. The zero-order chi connectivity index (χ0) is 12.4. The van der Waals surface area contributed by atoms with Gasteiger partial charge >= 0.3 is 0 Å². The number of hydrogen-bond donors (Lipinski definition) is 1. The summed E-state index contributed by atoms with van der Waals surface area (Å²) in [5, 5.41) is 10.2. The second kappa shape index (κ2) is 4.60. The number of hydrogen-bond acceptors (Lipinski definition) is 2. The first-order valence-corrected chi connectivity index (χ1v) is 9.24. The maximum atomic E-state index is 11.1. The zero-order valence-electron chi connectivity index (χ0n) is 10.6. The van der Waals surface area contributed by atoms with Gasteiger partial charge in [-0.3, -0.25) is 4.79 Å². The van der Waals surface area contributed by atoms with Gasteiger partial charge in [0.2, 0.25) is 5.91 Å². The largest absolute Gasteiger partial charge is 0.377 e. The van der Waals surface area contributed by atoms with Gasteiger partial charge in [0.1, 0.15) is 13.7 Å². The number of carbonyl (C=O) groups excluding carboxylic acids is 1. The van der Waals surface area contributed by atoms with Crippen molar-refractivity contribution in [1.29, 1.82) is 0 Å². The van der Waals surface area contributed by atoms with E-state index in [4.69, 9.17) is 0 Å². The van der Waals surface area contributed by atoms with Crippen LogP contribution in [0, 0.1) is 11.5 Å². The first-order chi connectivity index (χ1) is 7.22. The number of rotatable bonds is 0. The molecule has 4 heteroatoms. The standard InChI is InChI=1S/C12H21NO2Si/c1-11(14)13-8-5-12(15,6-9-13)7-10-16(2,3)4/h15H,5-6,8-9H2,1-4H3. The Morgan fingerprint density at radius 2 is 1.81 bits per heavy atom. The van der Waals surface area contributed by atoms with Crippen LogP contribution >= 0.6 is 0 Å². The van der Waals surface area contributed by atoms with Crippen LogP contribution < -0.4 is 0 Å². The third-order valence-corrected chi connectivity index (χ3v) is 3.58. The molecule has 0 spiro atoms. The molecule has 0 aromatic carbocycles. The number of likely N-dealkylation sites (tertiary alicyclic amines) is 1. The van der Waals surface area contributed by atoms with Crippen molar-refractivity contribution >= 4 is 14.0 Å². The average Bonchev–Trinajstić information content (AvgIpc) is 2.15. The third-order valence-electron chi connectivity index (χ3n) is 2.71. The molecule has 1 saturated heterocycles. The van der Waals surface area contributed by atoms with Crippen LogP contribution in [0.3, 0.4) is 0 Å². The van der Waals surface area contributed by atoms with Crippen molar-refractivity contribution in [2.45, 2.75) is 45.0 Å². The van der Waals surface area contributed by atoms with Crippen LogP contribution in [0.5, 0.6) is 0 Å². The quantitative estimate of drug-likeness (QED) is 0.510. The van der Waals surface area contributed by atoms with Crippen LogP contribution in [0.2, 0.25) is 19.6 Å². The maximum absolute atomic E-state index is 11.1. The average molecular weight is 239 g/mol. The molecule has 0 bridgehead atoms. The third kappa shape index (κ3) is 3.99. The highest BCUT2D eigenvalue weighted by Gasteiger charge is 2.31. The molecule has 16 heavy (non-hydrogen) atoms. The highest BCUT2D eigenvalue weighted by atomic mass is 28.3. The van der Waals surface area contributed by atoms with Gasteiger partial charge in [-0.05, 0) is 0 Å². The van der Waals surface area contributed by atoms with Gasteiger partial charge in [0.05, 0.1) is 0 Å². The zero-order valence-corrected chi connectivity index (χ0v) is 11.6. The Morgan fingerprint density at radius 3 is 2.19 bits per heavy atom. The Bertz CT molecular complexity index is 327. The highest BCUT2D eigenvalue weighted by Crippen LogP contribution is 2.21. The van der Waals surface area contributed by atoms with Crippen LogP contribution in [0.1, 0.15) is 19.8 Å². The van der Waals surface area contributed by atoms with Gasteiger partial charge in [-0.1, -0.05) is 25.6 Å². The minimum Gasteiger partial charge on any atom is -0.377 e. The molecule has 1 rings (SSSR count). The predicted octanol–water partition coefficient (Wildman–Crippen LogP) is 1.24. The van der Waals surface area contributed by atoms with E-state index in [-0.39, 0.29) is 5.91 Å². The molecule has 1 fully saturated rings. The summed E-state index contributed by atoms with van der Waals surface area (Å²) in [7, 11) is -1.43. The van der Waals surface area contributed by atoms with Gasteiger partial charge in [-0.2, -0.15) is 0 Å². The summed E-state index contributed by atoms with van der Waals surface area (Å²) < 4.78 is 0. The molecule has 0 aromatic heterocycles. The molecular weight excluding hydrogens is 218 g/mol. The topological polar surface area (TPSA) is 40.5 Å². The molecular formula is C12H21NO2Si. The molecule has 1 heterocycles. The fourth-order valence-electron chi connectivity index (χ4n) is 1.62. The van der Waals surface area contributed by atoms with Gasteiger partial charge < -0.3 is 10.0 Å². The molecule has 0 atom stereocenters. The molecule has 0 radical (unpaired) electrons. The number of nitrogens with zero attached hydrogens (tertiary/aromatic N) is 1. The highest BCUT2D eigenvalue weighted by molar-refractivity contribution is 6.83. The van der Waals surface area contributed by atoms with Crippen molar-refractivity contribution in [3.05, 3.63) is 0 Å². The fraction of sp³-hybridized carbons (Fsp3) is 0.750. The first-order valence-electron chi connectivity index (χ1n) is 5.74. The lowest BCUT2D eigenvalue weighted by molar-refractivity contribution is -0.131. The minimum atomic E-state index is -1.43.